The van der Waals surface area contributed by atoms with E-state index in [-0.39, 0.29) is 12.2 Å². The van der Waals surface area contributed by atoms with Crippen LogP contribution in [0.15, 0.2) is 6.33 Å². The number of hydrogen-bond acceptors (Lipinski definition) is 4. The summed E-state index contributed by atoms with van der Waals surface area (Å²) in [6, 6.07) is 0. The quantitative estimate of drug-likeness (QED) is 0.797. The first-order chi connectivity index (χ1) is 8.12. The number of nitrogens with zero attached hydrogens (tertiary/aromatic N) is 3. The zero-order valence-electron chi connectivity index (χ0n) is 10.2. The third-order valence-electron chi connectivity index (χ3n) is 3.57. The van der Waals surface area contributed by atoms with Crippen LogP contribution in [0.4, 0.5) is 0 Å². The van der Waals surface area contributed by atoms with Crippen molar-refractivity contribution >= 4 is 5.78 Å². The number of carbonyl (C=O) groups excluding carboxylic acids is 1. The zero-order valence-corrected chi connectivity index (χ0v) is 10.2. The molecule has 0 atom stereocenters. The van der Waals surface area contributed by atoms with Crippen molar-refractivity contribution in [2.75, 3.05) is 0 Å². The van der Waals surface area contributed by atoms with Gasteiger partial charge in [-0.1, -0.05) is 25.7 Å². The van der Waals surface area contributed by atoms with Crippen molar-refractivity contribution in [2.45, 2.75) is 50.5 Å². The Morgan fingerprint density at radius 1 is 1.41 bits per heavy atom. The molecule has 94 valence electrons. The van der Waals surface area contributed by atoms with Crippen molar-refractivity contribution in [3.8, 4) is 0 Å². The smallest absolute Gasteiger partial charge is 0.171 e. The number of aryl methyl sites for hydroxylation is 1. The van der Waals surface area contributed by atoms with Crippen LogP contribution in [0.3, 0.4) is 0 Å². The van der Waals surface area contributed by atoms with E-state index in [4.69, 9.17) is 0 Å². The SMILES string of the molecule is Cn1ncnc1CC(=O)C1(O)CCCCCC1. The van der Waals surface area contributed by atoms with Crippen LogP contribution in [0, 0.1) is 0 Å². The van der Waals surface area contributed by atoms with Gasteiger partial charge in [-0.2, -0.15) is 5.10 Å². The van der Waals surface area contributed by atoms with E-state index in [0.717, 1.165) is 25.7 Å². The summed E-state index contributed by atoms with van der Waals surface area (Å²) in [6.45, 7) is 0. The molecule has 1 fully saturated rings. The normalized spacial score (nSPS) is 19.9. The Morgan fingerprint density at radius 2 is 2.06 bits per heavy atom. The van der Waals surface area contributed by atoms with Crippen LogP contribution in [-0.2, 0) is 18.3 Å². The summed E-state index contributed by atoms with van der Waals surface area (Å²) in [4.78, 5) is 16.2. The molecular weight excluding hydrogens is 218 g/mol. The van der Waals surface area contributed by atoms with Crippen LogP contribution < -0.4 is 0 Å². The van der Waals surface area contributed by atoms with Crippen molar-refractivity contribution in [2.24, 2.45) is 7.05 Å². The lowest BCUT2D eigenvalue weighted by molar-refractivity contribution is -0.138. The average molecular weight is 237 g/mol. The van der Waals surface area contributed by atoms with Crippen LogP contribution in [0.5, 0.6) is 0 Å². The Bertz CT molecular complexity index is 392. The zero-order chi connectivity index (χ0) is 12.3. The van der Waals surface area contributed by atoms with Crippen LogP contribution in [0.1, 0.15) is 44.3 Å². The summed E-state index contributed by atoms with van der Waals surface area (Å²) in [5.74, 6) is 0.503. The molecule has 5 nitrogen and oxygen atoms in total. The van der Waals surface area contributed by atoms with Gasteiger partial charge >= 0.3 is 0 Å². The van der Waals surface area contributed by atoms with Crippen molar-refractivity contribution in [1.29, 1.82) is 0 Å². The van der Waals surface area contributed by atoms with E-state index in [1.54, 1.807) is 11.7 Å². The Balaban J connectivity index is 2.05. The molecule has 1 saturated carbocycles. The predicted octanol–water partition coefficient (Wildman–Crippen LogP) is 1.01. The molecule has 17 heavy (non-hydrogen) atoms. The molecule has 1 aliphatic carbocycles. The molecule has 0 amide bonds. The van der Waals surface area contributed by atoms with E-state index in [9.17, 15) is 9.90 Å². The van der Waals surface area contributed by atoms with Crippen molar-refractivity contribution < 1.29 is 9.90 Å². The van der Waals surface area contributed by atoms with Gasteiger partial charge in [0.25, 0.3) is 0 Å². The maximum Gasteiger partial charge on any atom is 0.171 e. The third-order valence-corrected chi connectivity index (χ3v) is 3.57. The van der Waals surface area contributed by atoms with Gasteiger partial charge in [0.15, 0.2) is 5.78 Å². The van der Waals surface area contributed by atoms with Crippen molar-refractivity contribution in [3.63, 3.8) is 0 Å². The highest BCUT2D eigenvalue weighted by atomic mass is 16.3. The Morgan fingerprint density at radius 3 is 2.59 bits per heavy atom. The molecule has 1 aliphatic rings. The molecule has 1 heterocycles. The summed E-state index contributed by atoms with van der Waals surface area (Å²) in [5.41, 5.74) is -1.14. The lowest BCUT2D eigenvalue weighted by atomic mass is 9.88. The molecule has 5 heteroatoms. The fraction of sp³-hybridized carbons (Fsp3) is 0.750. The fourth-order valence-corrected chi connectivity index (χ4v) is 2.38. The fourth-order valence-electron chi connectivity index (χ4n) is 2.38. The van der Waals surface area contributed by atoms with Gasteiger partial charge in [-0.25, -0.2) is 4.98 Å². The third kappa shape index (κ3) is 2.72. The van der Waals surface area contributed by atoms with E-state index in [2.05, 4.69) is 10.1 Å². The van der Waals surface area contributed by atoms with E-state index in [1.807, 2.05) is 0 Å². The number of aliphatic hydroxyl groups is 1. The molecule has 1 aromatic heterocycles. The molecule has 0 saturated heterocycles. The van der Waals surface area contributed by atoms with Gasteiger partial charge in [0, 0.05) is 7.05 Å². The van der Waals surface area contributed by atoms with Crippen LogP contribution in [0.25, 0.3) is 0 Å². The average Bonchev–Trinajstić information content (AvgIpc) is 2.57. The lowest BCUT2D eigenvalue weighted by Crippen LogP contribution is -2.39. The molecule has 0 aromatic carbocycles. The van der Waals surface area contributed by atoms with E-state index < -0.39 is 5.60 Å². The van der Waals surface area contributed by atoms with Gasteiger partial charge < -0.3 is 5.11 Å². The first-order valence-electron chi connectivity index (χ1n) is 6.20. The summed E-state index contributed by atoms with van der Waals surface area (Å²) in [6.07, 6.45) is 6.86. The molecule has 0 bridgehead atoms. The van der Waals surface area contributed by atoms with E-state index >= 15 is 0 Å². The number of Topliss-reactive ketones (excluding diaryl/α,β-unsaturated/α-hetero) is 1. The summed E-state index contributed by atoms with van der Waals surface area (Å²) >= 11 is 0. The first-order valence-corrected chi connectivity index (χ1v) is 6.20. The summed E-state index contributed by atoms with van der Waals surface area (Å²) in [7, 11) is 1.76. The highest BCUT2D eigenvalue weighted by Gasteiger charge is 2.36. The maximum absolute atomic E-state index is 12.2. The molecular formula is C12H19N3O2. The molecule has 0 aliphatic heterocycles. The minimum Gasteiger partial charge on any atom is -0.382 e. The molecule has 0 spiro atoms. The summed E-state index contributed by atoms with van der Waals surface area (Å²) < 4.78 is 1.58. The first kappa shape index (κ1) is 12.2. The topological polar surface area (TPSA) is 68.0 Å². The van der Waals surface area contributed by atoms with Gasteiger partial charge in [0.1, 0.15) is 17.8 Å². The standard InChI is InChI=1S/C12H19N3O2/c1-15-11(13-9-14-15)8-10(16)12(17)6-4-2-3-5-7-12/h9,17H,2-8H2,1H3. The molecule has 0 radical (unpaired) electrons. The number of rotatable bonds is 3. The lowest BCUT2D eigenvalue weighted by Gasteiger charge is -2.24. The molecule has 1 N–H and O–H groups in total. The highest BCUT2D eigenvalue weighted by molar-refractivity contribution is 5.88. The van der Waals surface area contributed by atoms with Crippen LogP contribution in [0.2, 0.25) is 0 Å². The second-order valence-corrected chi connectivity index (χ2v) is 4.85. The molecule has 2 rings (SSSR count). The van der Waals surface area contributed by atoms with Crippen molar-refractivity contribution in [1.82, 2.24) is 14.8 Å². The number of carbonyl (C=O) groups is 1. The minimum atomic E-state index is -1.14. The molecule has 1 aromatic rings. The van der Waals surface area contributed by atoms with Gasteiger partial charge in [-0.3, -0.25) is 9.48 Å². The Labute approximate surface area is 101 Å². The summed E-state index contributed by atoms with van der Waals surface area (Å²) in [5, 5.41) is 14.3. The minimum absolute atomic E-state index is 0.115. The van der Waals surface area contributed by atoms with Gasteiger partial charge in [-0.05, 0) is 12.8 Å². The van der Waals surface area contributed by atoms with Crippen LogP contribution >= 0.6 is 0 Å². The van der Waals surface area contributed by atoms with Gasteiger partial charge in [0.05, 0.1) is 6.42 Å². The number of ketones is 1. The monoisotopic (exact) mass is 237 g/mol. The highest BCUT2D eigenvalue weighted by Crippen LogP contribution is 2.28. The molecule has 0 unspecified atom stereocenters. The van der Waals surface area contributed by atoms with Crippen LogP contribution in [-0.4, -0.2) is 31.3 Å². The van der Waals surface area contributed by atoms with E-state index in [1.165, 1.54) is 6.33 Å². The second-order valence-electron chi connectivity index (χ2n) is 4.85. The Hall–Kier alpha value is -1.23. The van der Waals surface area contributed by atoms with Gasteiger partial charge in [0.2, 0.25) is 0 Å². The van der Waals surface area contributed by atoms with E-state index in [0.29, 0.717) is 18.7 Å². The predicted molar refractivity (Wildman–Crippen MR) is 62.4 cm³/mol. The second kappa shape index (κ2) is 4.96. The largest absolute Gasteiger partial charge is 0.382 e. The number of hydrogen-bond donors (Lipinski definition) is 1. The van der Waals surface area contributed by atoms with Gasteiger partial charge in [-0.15, -0.1) is 0 Å². The number of aromatic nitrogens is 3. The maximum atomic E-state index is 12.2. The van der Waals surface area contributed by atoms with Crippen molar-refractivity contribution in [3.05, 3.63) is 12.2 Å². The Kier molecular flexibility index (Phi) is 3.57.